The van der Waals surface area contributed by atoms with Crippen molar-refractivity contribution in [3.63, 3.8) is 0 Å². The number of benzene rings is 1. The lowest BCUT2D eigenvalue weighted by Crippen LogP contribution is -2.35. The smallest absolute Gasteiger partial charge is 0.337 e. The van der Waals surface area contributed by atoms with E-state index in [2.05, 4.69) is 10.3 Å². The summed E-state index contributed by atoms with van der Waals surface area (Å²) in [7, 11) is 1.31. The van der Waals surface area contributed by atoms with Crippen LogP contribution in [0.2, 0.25) is 0 Å². The van der Waals surface area contributed by atoms with Crippen molar-refractivity contribution in [1.29, 1.82) is 0 Å². The van der Waals surface area contributed by atoms with Crippen LogP contribution in [-0.4, -0.2) is 40.3 Å². The Kier molecular flexibility index (Phi) is 8.25. The number of fused-ring (bicyclic) bond motifs is 1. The van der Waals surface area contributed by atoms with Gasteiger partial charge < -0.3 is 10.1 Å². The first-order chi connectivity index (χ1) is 13.8. The molecule has 1 N–H and O–H groups in total. The summed E-state index contributed by atoms with van der Waals surface area (Å²) in [5.74, 6) is -0.168. The van der Waals surface area contributed by atoms with Gasteiger partial charge in [0.15, 0.2) is 5.16 Å². The standard InChI is InChI=1S/C21H29N3O4S/c1-6-15(7-2)22-18(25)12-29-21-23-17-10-14(20(27)28-5)8-9-16(17)19(26)24(21)11-13(3)4/h8-10,13,15H,6-7,11-12H2,1-5H3,(H,22,25). The fraction of sp³-hybridized carbons (Fsp3) is 0.524. The van der Waals surface area contributed by atoms with Crippen molar-refractivity contribution < 1.29 is 14.3 Å². The zero-order valence-electron chi connectivity index (χ0n) is 17.7. The number of methoxy groups -OCH3 is 1. The summed E-state index contributed by atoms with van der Waals surface area (Å²) in [5.41, 5.74) is 0.569. The van der Waals surface area contributed by atoms with E-state index < -0.39 is 5.97 Å². The lowest BCUT2D eigenvalue weighted by Gasteiger charge is -2.17. The fourth-order valence-electron chi connectivity index (χ4n) is 2.97. The highest BCUT2D eigenvalue weighted by Gasteiger charge is 2.17. The van der Waals surface area contributed by atoms with Crippen LogP contribution in [0.1, 0.15) is 50.9 Å². The SMILES string of the molecule is CCC(CC)NC(=O)CSc1nc2cc(C(=O)OC)ccc2c(=O)n1CC(C)C. The highest BCUT2D eigenvalue weighted by atomic mass is 32.2. The number of esters is 1. The Labute approximate surface area is 175 Å². The van der Waals surface area contributed by atoms with Crippen LogP contribution < -0.4 is 10.9 Å². The lowest BCUT2D eigenvalue weighted by molar-refractivity contribution is -0.119. The molecule has 0 aliphatic carbocycles. The Balaban J connectivity index is 2.40. The maximum absolute atomic E-state index is 13.0. The molecule has 8 heteroatoms. The van der Waals surface area contributed by atoms with Crippen molar-refractivity contribution in [3.05, 3.63) is 34.1 Å². The van der Waals surface area contributed by atoms with Gasteiger partial charge in [0.1, 0.15) is 0 Å². The van der Waals surface area contributed by atoms with Gasteiger partial charge in [-0.1, -0.05) is 39.5 Å². The maximum Gasteiger partial charge on any atom is 0.337 e. The molecule has 0 atom stereocenters. The molecule has 0 saturated carbocycles. The van der Waals surface area contributed by atoms with Crippen LogP contribution in [0.25, 0.3) is 10.9 Å². The maximum atomic E-state index is 13.0. The predicted molar refractivity (Wildman–Crippen MR) is 115 cm³/mol. The third-order valence-electron chi connectivity index (χ3n) is 4.57. The number of nitrogens with one attached hydrogen (secondary N) is 1. The van der Waals surface area contributed by atoms with Gasteiger partial charge in [-0.25, -0.2) is 9.78 Å². The summed E-state index contributed by atoms with van der Waals surface area (Å²) in [4.78, 5) is 41.8. The number of hydrogen-bond acceptors (Lipinski definition) is 6. The molecule has 29 heavy (non-hydrogen) atoms. The third kappa shape index (κ3) is 5.82. The van der Waals surface area contributed by atoms with Crippen LogP contribution in [-0.2, 0) is 16.1 Å². The van der Waals surface area contributed by atoms with E-state index in [1.807, 2.05) is 27.7 Å². The Morgan fingerprint density at radius 1 is 1.24 bits per heavy atom. The monoisotopic (exact) mass is 419 g/mol. The van der Waals surface area contributed by atoms with Gasteiger partial charge in [0.05, 0.1) is 29.3 Å². The highest BCUT2D eigenvalue weighted by molar-refractivity contribution is 7.99. The summed E-state index contributed by atoms with van der Waals surface area (Å²) < 4.78 is 6.36. The molecule has 7 nitrogen and oxygen atoms in total. The molecule has 0 saturated heterocycles. The van der Waals surface area contributed by atoms with E-state index in [1.54, 1.807) is 22.8 Å². The van der Waals surface area contributed by atoms with Crippen molar-refractivity contribution >= 4 is 34.5 Å². The molecule has 1 heterocycles. The van der Waals surface area contributed by atoms with E-state index in [4.69, 9.17) is 4.74 Å². The molecule has 0 aliphatic heterocycles. The Morgan fingerprint density at radius 2 is 1.93 bits per heavy atom. The van der Waals surface area contributed by atoms with Crippen LogP contribution >= 0.6 is 11.8 Å². The Morgan fingerprint density at radius 3 is 2.52 bits per heavy atom. The number of carbonyl (C=O) groups excluding carboxylic acids is 2. The van der Waals surface area contributed by atoms with Crippen LogP contribution in [0.5, 0.6) is 0 Å². The predicted octanol–water partition coefficient (Wildman–Crippen LogP) is 3.24. The molecule has 0 fully saturated rings. The van der Waals surface area contributed by atoms with Gasteiger partial charge >= 0.3 is 5.97 Å². The minimum Gasteiger partial charge on any atom is -0.465 e. The number of thioether (sulfide) groups is 1. The number of ether oxygens (including phenoxy) is 1. The van der Waals surface area contributed by atoms with E-state index >= 15 is 0 Å². The molecule has 158 valence electrons. The minimum atomic E-state index is -0.487. The average molecular weight is 420 g/mol. The number of amides is 1. The molecular weight excluding hydrogens is 390 g/mol. The van der Waals surface area contributed by atoms with E-state index in [1.165, 1.54) is 18.9 Å². The second kappa shape index (κ2) is 10.4. The van der Waals surface area contributed by atoms with Gasteiger partial charge in [-0.05, 0) is 37.0 Å². The summed E-state index contributed by atoms with van der Waals surface area (Å²) in [6.45, 7) is 8.60. The third-order valence-corrected chi connectivity index (χ3v) is 5.55. The van der Waals surface area contributed by atoms with Gasteiger partial charge in [0, 0.05) is 12.6 Å². The topological polar surface area (TPSA) is 90.3 Å². The number of rotatable bonds is 9. The number of nitrogens with zero attached hydrogens (tertiary/aromatic N) is 2. The average Bonchev–Trinajstić information content (AvgIpc) is 2.71. The largest absolute Gasteiger partial charge is 0.465 e. The first-order valence-corrected chi connectivity index (χ1v) is 10.8. The zero-order valence-corrected chi connectivity index (χ0v) is 18.5. The Bertz CT molecular complexity index is 935. The van der Waals surface area contributed by atoms with E-state index in [-0.39, 0.29) is 29.2 Å². The van der Waals surface area contributed by atoms with Crippen molar-refractivity contribution in [1.82, 2.24) is 14.9 Å². The van der Waals surface area contributed by atoms with E-state index in [9.17, 15) is 14.4 Å². The number of aromatic nitrogens is 2. The Hall–Kier alpha value is -2.35. The summed E-state index contributed by atoms with van der Waals surface area (Å²) in [6.07, 6.45) is 1.74. The normalized spacial score (nSPS) is 11.3. The molecule has 1 aromatic heterocycles. The minimum absolute atomic E-state index is 0.0857. The molecule has 0 radical (unpaired) electrons. The quantitative estimate of drug-likeness (QED) is 0.381. The van der Waals surface area contributed by atoms with Crippen molar-refractivity contribution in [3.8, 4) is 0 Å². The van der Waals surface area contributed by atoms with Gasteiger partial charge in [-0.15, -0.1) is 0 Å². The molecular formula is C21H29N3O4S. The molecule has 2 rings (SSSR count). The molecule has 1 aromatic carbocycles. The highest BCUT2D eigenvalue weighted by Crippen LogP contribution is 2.20. The number of carbonyl (C=O) groups is 2. The van der Waals surface area contributed by atoms with Crippen LogP contribution in [0.3, 0.4) is 0 Å². The van der Waals surface area contributed by atoms with Crippen molar-refractivity contribution in [2.24, 2.45) is 5.92 Å². The molecule has 0 aliphatic rings. The molecule has 0 unspecified atom stereocenters. The second-order valence-electron chi connectivity index (χ2n) is 7.30. The van der Waals surface area contributed by atoms with E-state index in [0.717, 1.165) is 12.8 Å². The molecule has 0 spiro atoms. The molecule has 2 aromatic rings. The van der Waals surface area contributed by atoms with Gasteiger partial charge in [-0.2, -0.15) is 0 Å². The van der Waals surface area contributed by atoms with E-state index in [0.29, 0.717) is 28.2 Å². The lowest BCUT2D eigenvalue weighted by atomic mass is 10.1. The van der Waals surface area contributed by atoms with Crippen molar-refractivity contribution in [2.75, 3.05) is 12.9 Å². The number of hydrogen-bond donors (Lipinski definition) is 1. The first kappa shape index (κ1) is 22.9. The van der Waals surface area contributed by atoms with Crippen molar-refractivity contribution in [2.45, 2.75) is 58.3 Å². The first-order valence-electron chi connectivity index (χ1n) is 9.85. The molecule has 0 bridgehead atoms. The summed E-state index contributed by atoms with van der Waals surface area (Å²) in [6, 6.07) is 4.86. The van der Waals surface area contributed by atoms with Crippen LogP contribution in [0, 0.1) is 5.92 Å². The van der Waals surface area contributed by atoms with Gasteiger partial charge in [0.25, 0.3) is 5.56 Å². The summed E-state index contributed by atoms with van der Waals surface area (Å²) >= 11 is 1.23. The molecule has 1 amide bonds. The fourth-order valence-corrected chi connectivity index (χ4v) is 3.79. The zero-order chi connectivity index (χ0) is 21.6. The van der Waals surface area contributed by atoms with Gasteiger partial charge in [0.2, 0.25) is 5.91 Å². The van der Waals surface area contributed by atoms with Gasteiger partial charge in [-0.3, -0.25) is 14.2 Å². The van der Waals surface area contributed by atoms with Crippen LogP contribution in [0.4, 0.5) is 0 Å². The second-order valence-corrected chi connectivity index (χ2v) is 8.24. The van der Waals surface area contributed by atoms with Crippen LogP contribution in [0.15, 0.2) is 28.2 Å². The summed E-state index contributed by atoms with van der Waals surface area (Å²) in [5, 5.41) is 3.90.